The number of aryl methyl sites for hydroxylation is 1. The first-order valence-corrected chi connectivity index (χ1v) is 7.93. The van der Waals surface area contributed by atoms with Crippen LogP contribution in [-0.2, 0) is 10.5 Å². The number of likely N-dealkylation sites (N-methyl/N-ethyl adjacent to an activating group) is 1. The lowest BCUT2D eigenvalue weighted by Crippen LogP contribution is -2.50. The lowest BCUT2D eigenvalue weighted by atomic mass is 10.0. The number of aliphatic imine (C=N–C) groups is 2. The lowest BCUT2D eigenvalue weighted by molar-refractivity contribution is -0.122. The first kappa shape index (κ1) is 15.2. The fourth-order valence-corrected chi connectivity index (χ4v) is 3.11. The third kappa shape index (κ3) is 2.32. The van der Waals surface area contributed by atoms with Crippen LogP contribution in [0.25, 0.3) is 0 Å². The first-order chi connectivity index (χ1) is 12.0. The number of hydrogen-bond donors (Lipinski definition) is 3. The van der Waals surface area contributed by atoms with Crippen molar-refractivity contribution in [3.8, 4) is 0 Å². The van der Waals surface area contributed by atoms with E-state index in [2.05, 4.69) is 20.6 Å². The molecule has 1 amide bonds. The van der Waals surface area contributed by atoms with Crippen LogP contribution >= 0.6 is 0 Å². The molecule has 0 unspecified atom stereocenters. The van der Waals surface area contributed by atoms with E-state index < -0.39 is 5.66 Å². The van der Waals surface area contributed by atoms with Gasteiger partial charge < -0.3 is 16.0 Å². The van der Waals surface area contributed by atoms with Crippen LogP contribution in [0.3, 0.4) is 0 Å². The van der Waals surface area contributed by atoms with Gasteiger partial charge in [-0.15, -0.1) is 0 Å². The monoisotopic (exact) mass is 334 g/mol. The molecule has 0 radical (unpaired) electrons. The van der Waals surface area contributed by atoms with Gasteiger partial charge in [0.1, 0.15) is 0 Å². The molecule has 0 bridgehead atoms. The van der Waals surface area contributed by atoms with Crippen LogP contribution < -0.4 is 21.3 Å². The summed E-state index contributed by atoms with van der Waals surface area (Å²) in [6.07, 6.45) is 0. The van der Waals surface area contributed by atoms with Crippen molar-refractivity contribution in [2.75, 3.05) is 17.3 Å². The molecule has 4 rings (SSSR count). The van der Waals surface area contributed by atoms with Gasteiger partial charge in [-0.3, -0.25) is 10.1 Å². The van der Waals surface area contributed by atoms with Gasteiger partial charge in [0.05, 0.1) is 5.69 Å². The van der Waals surface area contributed by atoms with Crippen LogP contribution in [-0.4, -0.2) is 24.9 Å². The number of carbonyl (C=O) groups excluding carboxylic acids is 1. The Morgan fingerprint density at radius 2 is 1.84 bits per heavy atom. The summed E-state index contributed by atoms with van der Waals surface area (Å²) < 4.78 is 0. The van der Waals surface area contributed by atoms with Crippen LogP contribution in [0.2, 0.25) is 0 Å². The van der Waals surface area contributed by atoms with E-state index in [9.17, 15) is 4.79 Å². The first-order valence-electron chi connectivity index (χ1n) is 7.93. The van der Waals surface area contributed by atoms with Gasteiger partial charge >= 0.3 is 0 Å². The number of anilines is 2. The van der Waals surface area contributed by atoms with Gasteiger partial charge in [-0.2, -0.15) is 0 Å². The van der Waals surface area contributed by atoms with Gasteiger partial charge in [0, 0.05) is 18.3 Å². The highest BCUT2D eigenvalue weighted by molar-refractivity contribution is 6.14. The molecule has 2 aliphatic rings. The summed E-state index contributed by atoms with van der Waals surface area (Å²) in [4.78, 5) is 23.4. The molecular weight excluding hydrogens is 316 g/mol. The predicted molar refractivity (Wildman–Crippen MR) is 98.5 cm³/mol. The van der Waals surface area contributed by atoms with Crippen molar-refractivity contribution in [2.24, 2.45) is 15.7 Å². The number of nitrogens with zero attached hydrogens (tertiary/aromatic N) is 3. The minimum Gasteiger partial charge on any atom is -0.370 e. The number of para-hydroxylation sites is 1. The quantitative estimate of drug-likeness (QED) is 0.737. The third-order valence-corrected chi connectivity index (χ3v) is 4.36. The highest BCUT2D eigenvalue weighted by Crippen LogP contribution is 2.43. The van der Waals surface area contributed by atoms with E-state index in [-0.39, 0.29) is 11.9 Å². The minimum atomic E-state index is -1.38. The molecule has 7 nitrogen and oxygen atoms in total. The van der Waals surface area contributed by atoms with E-state index in [1.54, 1.807) is 11.9 Å². The minimum absolute atomic E-state index is 0.142. The fraction of sp³-hybridized carbons (Fsp3) is 0.167. The Labute approximate surface area is 145 Å². The summed E-state index contributed by atoms with van der Waals surface area (Å²) >= 11 is 0. The maximum Gasteiger partial charge on any atom is 0.282 e. The summed E-state index contributed by atoms with van der Waals surface area (Å²) in [5, 5.41) is 6.06. The second kappa shape index (κ2) is 5.34. The van der Waals surface area contributed by atoms with E-state index >= 15 is 0 Å². The number of amides is 1. The Balaban J connectivity index is 1.78. The van der Waals surface area contributed by atoms with Gasteiger partial charge in [0.15, 0.2) is 5.96 Å². The summed E-state index contributed by atoms with van der Waals surface area (Å²) in [5.41, 5.74) is 8.09. The molecule has 0 saturated heterocycles. The molecule has 126 valence electrons. The molecule has 1 atom stereocenters. The average molecular weight is 334 g/mol. The zero-order chi connectivity index (χ0) is 17.6. The van der Waals surface area contributed by atoms with Crippen LogP contribution in [0.4, 0.5) is 11.4 Å². The molecule has 2 aromatic rings. The number of nitrogens with one attached hydrogen (secondary N) is 2. The van der Waals surface area contributed by atoms with Crippen molar-refractivity contribution >= 4 is 29.2 Å². The number of carbonyl (C=O) groups is 1. The molecule has 2 aliphatic heterocycles. The SMILES string of the molecule is Cc1ccc(NC2=N[C@]3(N=C(N)N2)C(=O)N(C)c2ccccc23)cc1. The van der Waals surface area contributed by atoms with Gasteiger partial charge in [0.2, 0.25) is 5.96 Å². The number of rotatable bonds is 1. The molecule has 7 heteroatoms. The van der Waals surface area contributed by atoms with Gasteiger partial charge in [-0.25, -0.2) is 9.98 Å². The Bertz CT molecular complexity index is 917. The Morgan fingerprint density at radius 1 is 1.12 bits per heavy atom. The number of fused-ring (bicyclic) bond motifs is 2. The van der Waals surface area contributed by atoms with Crippen LogP contribution in [0.5, 0.6) is 0 Å². The maximum atomic E-state index is 12.9. The molecule has 4 N–H and O–H groups in total. The van der Waals surface area contributed by atoms with Crippen molar-refractivity contribution in [1.82, 2.24) is 5.32 Å². The Kier molecular flexibility index (Phi) is 3.24. The highest BCUT2D eigenvalue weighted by atomic mass is 16.2. The predicted octanol–water partition coefficient (Wildman–Crippen LogP) is 1.51. The summed E-state index contributed by atoms with van der Waals surface area (Å²) in [7, 11) is 1.71. The second-order valence-electron chi connectivity index (χ2n) is 6.13. The normalized spacial score (nSPS) is 21.5. The highest BCUT2D eigenvalue weighted by Gasteiger charge is 2.52. The standard InChI is InChI=1S/C18H18N6O/c1-11-7-9-12(10-8-11)20-17-21-16(19)22-18(23-17)13-5-3-4-6-14(13)24(2)15(18)25/h3-10H,1-2H3,(H4,19,20,21,22,23)/t18-/m0/s1. The van der Waals surface area contributed by atoms with Crippen molar-refractivity contribution < 1.29 is 4.79 Å². The van der Waals surface area contributed by atoms with Crippen LogP contribution in [0, 0.1) is 6.92 Å². The fourth-order valence-electron chi connectivity index (χ4n) is 3.11. The molecule has 1 spiro atoms. The summed E-state index contributed by atoms with van der Waals surface area (Å²) in [5.74, 6) is 0.291. The molecule has 0 fully saturated rings. The van der Waals surface area contributed by atoms with Crippen molar-refractivity contribution in [2.45, 2.75) is 12.6 Å². The van der Waals surface area contributed by atoms with E-state index in [0.717, 1.165) is 22.5 Å². The Hall–Kier alpha value is -3.35. The van der Waals surface area contributed by atoms with Crippen molar-refractivity contribution in [1.29, 1.82) is 0 Å². The lowest BCUT2D eigenvalue weighted by Gasteiger charge is -2.26. The summed E-state index contributed by atoms with van der Waals surface area (Å²) in [6, 6.07) is 15.3. The van der Waals surface area contributed by atoms with E-state index in [0.29, 0.717) is 5.96 Å². The summed E-state index contributed by atoms with van der Waals surface area (Å²) in [6.45, 7) is 2.02. The smallest absolute Gasteiger partial charge is 0.282 e. The average Bonchev–Trinajstić information content (AvgIpc) is 2.79. The second-order valence-corrected chi connectivity index (χ2v) is 6.13. The van der Waals surface area contributed by atoms with Gasteiger partial charge in [0.25, 0.3) is 11.6 Å². The molecule has 2 aromatic carbocycles. The largest absolute Gasteiger partial charge is 0.370 e. The van der Waals surface area contributed by atoms with Gasteiger partial charge in [-0.1, -0.05) is 35.9 Å². The molecule has 0 saturated carbocycles. The topological polar surface area (TPSA) is 95.1 Å². The van der Waals surface area contributed by atoms with Crippen molar-refractivity contribution in [3.63, 3.8) is 0 Å². The zero-order valence-electron chi connectivity index (χ0n) is 13.9. The third-order valence-electron chi connectivity index (χ3n) is 4.36. The maximum absolute atomic E-state index is 12.9. The van der Waals surface area contributed by atoms with E-state index in [4.69, 9.17) is 5.73 Å². The van der Waals surface area contributed by atoms with E-state index in [1.165, 1.54) is 0 Å². The molecular formula is C18H18N6O. The number of nitrogens with two attached hydrogens (primary N) is 1. The van der Waals surface area contributed by atoms with Crippen LogP contribution in [0.1, 0.15) is 11.1 Å². The molecule has 0 aliphatic carbocycles. The van der Waals surface area contributed by atoms with E-state index in [1.807, 2.05) is 55.5 Å². The number of guanidine groups is 2. The Morgan fingerprint density at radius 3 is 2.60 bits per heavy atom. The molecule has 2 heterocycles. The van der Waals surface area contributed by atoms with Gasteiger partial charge in [-0.05, 0) is 25.1 Å². The number of hydrogen-bond acceptors (Lipinski definition) is 6. The molecule has 25 heavy (non-hydrogen) atoms. The number of benzene rings is 2. The van der Waals surface area contributed by atoms with Crippen molar-refractivity contribution in [3.05, 3.63) is 59.7 Å². The van der Waals surface area contributed by atoms with Crippen LogP contribution in [0.15, 0.2) is 58.5 Å². The molecule has 0 aromatic heterocycles. The zero-order valence-corrected chi connectivity index (χ0v) is 13.9.